The van der Waals surface area contributed by atoms with Crippen LogP contribution in [0.2, 0.25) is 0 Å². The van der Waals surface area contributed by atoms with E-state index in [1.54, 1.807) is 0 Å². The number of nitrogen functional groups attached to an aromatic ring is 1. The van der Waals surface area contributed by atoms with E-state index in [9.17, 15) is 17.4 Å². The molecule has 2 aromatic rings. The van der Waals surface area contributed by atoms with Gasteiger partial charge in [0.05, 0.1) is 27.1 Å². The summed E-state index contributed by atoms with van der Waals surface area (Å²) in [5.74, 6) is -2.45. The van der Waals surface area contributed by atoms with Gasteiger partial charge in [-0.15, -0.1) is 0 Å². The zero-order valence-corrected chi connectivity index (χ0v) is 10.5. The lowest BCUT2D eigenvalue weighted by Crippen LogP contribution is -2.04. The quantitative estimate of drug-likeness (QED) is 0.881. The topological polar surface area (TPSA) is 43.1 Å². The summed E-state index contributed by atoms with van der Waals surface area (Å²) >= 11 is 0. The molecule has 2 rings (SSSR count). The Bertz CT molecular complexity index is 626. The molecule has 6 heteroatoms. The molecule has 2 N–H and O–H groups in total. The van der Waals surface area contributed by atoms with E-state index < -0.39 is 28.3 Å². The van der Waals surface area contributed by atoms with E-state index in [0.29, 0.717) is 0 Å². The Morgan fingerprint density at radius 2 is 1.68 bits per heavy atom. The normalized spacial score (nSPS) is 12.4. The SMILES string of the molecule is Nc1cc(F)ccc1S(=O)Cc1c(F)cccc1F. The smallest absolute Gasteiger partial charge is 0.130 e. The van der Waals surface area contributed by atoms with E-state index in [2.05, 4.69) is 0 Å². The van der Waals surface area contributed by atoms with Gasteiger partial charge < -0.3 is 5.73 Å². The van der Waals surface area contributed by atoms with Gasteiger partial charge >= 0.3 is 0 Å². The maximum Gasteiger partial charge on any atom is 0.130 e. The summed E-state index contributed by atoms with van der Waals surface area (Å²) in [7, 11) is -1.75. The number of halogens is 3. The molecule has 1 atom stereocenters. The van der Waals surface area contributed by atoms with Gasteiger partial charge in [-0.1, -0.05) is 6.07 Å². The van der Waals surface area contributed by atoms with Gasteiger partial charge in [-0.25, -0.2) is 13.2 Å². The second-order valence-electron chi connectivity index (χ2n) is 3.87. The first-order valence-corrected chi connectivity index (χ1v) is 6.67. The van der Waals surface area contributed by atoms with Gasteiger partial charge in [0.25, 0.3) is 0 Å². The Kier molecular flexibility index (Phi) is 3.90. The Labute approximate surface area is 110 Å². The molecule has 0 saturated heterocycles. The fourth-order valence-corrected chi connectivity index (χ4v) is 2.84. The summed E-state index contributed by atoms with van der Waals surface area (Å²) in [6, 6.07) is 6.77. The molecule has 19 heavy (non-hydrogen) atoms. The molecular formula is C13H10F3NOS. The lowest BCUT2D eigenvalue weighted by atomic mass is 10.2. The second kappa shape index (κ2) is 5.44. The third-order valence-electron chi connectivity index (χ3n) is 2.55. The molecule has 2 aromatic carbocycles. The monoisotopic (exact) mass is 285 g/mol. The van der Waals surface area contributed by atoms with Crippen LogP contribution in [0, 0.1) is 17.5 Å². The largest absolute Gasteiger partial charge is 0.398 e. The highest BCUT2D eigenvalue weighted by Crippen LogP contribution is 2.22. The van der Waals surface area contributed by atoms with Crippen molar-refractivity contribution in [3.63, 3.8) is 0 Å². The molecule has 0 radical (unpaired) electrons. The van der Waals surface area contributed by atoms with E-state index >= 15 is 0 Å². The van der Waals surface area contributed by atoms with Gasteiger partial charge in [0, 0.05) is 5.56 Å². The highest BCUT2D eigenvalue weighted by molar-refractivity contribution is 7.84. The number of rotatable bonds is 3. The van der Waals surface area contributed by atoms with Crippen LogP contribution in [0.4, 0.5) is 18.9 Å². The van der Waals surface area contributed by atoms with Crippen LogP contribution in [0.5, 0.6) is 0 Å². The Hall–Kier alpha value is -1.82. The average molecular weight is 285 g/mol. The van der Waals surface area contributed by atoms with Crippen molar-refractivity contribution >= 4 is 16.5 Å². The highest BCUT2D eigenvalue weighted by atomic mass is 32.2. The summed E-state index contributed by atoms with van der Waals surface area (Å²) in [5.41, 5.74) is 5.25. The number of benzene rings is 2. The van der Waals surface area contributed by atoms with E-state index in [1.165, 1.54) is 12.1 Å². The molecule has 0 spiro atoms. The number of hydrogen-bond donors (Lipinski definition) is 1. The van der Waals surface area contributed by atoms with E-state index in [4.69, 9.17) is 5.73 Å². The maximum atomic E-state index is 13.4. The van der Waals surface area contributed by atoms with Crippen molar-refractivity contribution < 1.29 is 17.4 Å². The van der Waals surface area contributed by atoms with E-state index in [1.807, 2.05) is 0 Å². The Balaban J connectivity index is 2.31. The van der Waals surface area contributed by atoms with Gasteiger partial charge in [0.1, 0.15) is 17.5 Å². The fraction of sp³-hybridized carbons (Fsp3) is 0.0769. The average Bonchev–Trinajstić information content (AvgIpc) is 2.33. The maximum absolute atomic E-state index is 13.4. The van der Waals surface area contributed by atoms with Crippen molar-refractivity contribution in [2.75, 3.05) is 5.73 Å². The van der Waals surface area contributed by atoms with Gasteiger partial charge in [-0.2, -0.15) is 0 Å². The molecule has 100 valence electrons. The zero-order chi connectivity index (χ0) is 14.0. The molecule has 0 bridgehead atoms. The summed E-state index contributed by atoms with van der Waals surface area (Å²) in [5, 5.41) is 0. The Morgan fingerprint density at radius 3 is 2.26 bits per heavy atom. The lowest BCUT2D eigenvalue weighted by Gasteiger charge is -2.07. The van der Waals surface area contributed by atoms with Crippen LogP contribution >= 0.6 is 0 Å². The molecule has 0 fully saturated rings. The van der Waals surface area contributed by atoms with Crippen LogP contribution in [-0.4, -0.2) is 4.21 Å². The minimum Gasteiger partial charge on any atom is -0.398 e. The molecule has 0 aliphatic carbocycles. The van der Waals surface area contributed by atoms with E-state index in [-0.39, 0.29) is 21.9 Å². The van der Waals surface area contributed by atoms with Crippen molar-refractivity contribution in [2.45, 2.75) is 10.6 Å². The molecule has 0 aliphatic heterocycles. The van der Waals surface area contributed by atoms with E-state index in [0.717, 1.165) is 24.3 Å². The molecule has 0 heterocycles. The van der Waals surface area contributed by atoms with Crippen molar-refractivity contribution in [2.24, 2.45) is 0 Å². The minimum absolute atomic E-state index is 0.00455. The minimum atomic E-state index is -1.75. The van der Waals surface area contributed by atoms with Crippen LogP contribution < -0.4 is 5.73 Å². The first-order chi connectivity index (χ1) is 8.99. The molecule has 0 aromatic heterocycles. The molecule has 1 unspecified atom stereocenters. The summed E-state index contributed by atoms with van der Waals surface area (Å²) < 4.78 is 51.7. The second-order valence-corrected chi connectivity index (χ2v) is 5.29. The fourth-order valence-electron chi connectivity index (χ4n) is 1.61. The highest BCUT2D eigenvalue weighted by Gasteiger charge is 2.15. The van der Waals surface area contributed by atoms with Gasteiger partial charge in [0.2, 0.25) is 0 Å². The van der Waals surface area contributed by atoms with Crippen LogP contribution in [0.25, 0.3) is 0 Å². The zero-order valence-electron chi connectivity index (χ0n) is 9.70. The van der Waals surface area contributed by atoms with Crippen molar-refractivity contribution in [3.8, 4) is 0 Å². The van der Waals surface area contributed by atoms with Gasteiger partial charge in [-0.05, 0) is 30.3 Å². The van der Waals surface area contributed by atoms with Gasteiger partial charge in [-0.3, -0.25) is 4.21 Å². The molecular weight excluding hydrogens is 275 g/mol. The van der Waals surface area contributed by atoms with Crippen LogP contribution in [0.15, 0.2) is 41.3 Å². The number of nitrogens with two attached hydrogens (primary N) is 1. The third-order valence-corrected chi connectivity index (χ3v) is 3.97. The predicted octanol–water partition coefficient (Wildman–Crippen LogP) is 2.99. The van der Waals surface area contributed by atoms with Crippen LogP contribution in [-0.2, 0) is 16.6 Å². The molecule has 2 nitrogen and oxygen atoms in total. The van der Waals surface area contributed by atoms with Crippen molar-refractivity contribution in [3.05, 3.63) is 59.4 Å². The lowest BCUT2D eigenvalue weighted by molar-refractivity contribution is 0.564. The van der Waals surface area contributed by atoms with Crippen molar-refractivity contribution in [1.29, 1.82) is 0 Å². The predicted molar refractivity (Wildman–Crippen MR) is 67.3 cm³/mol. The van der Waals surface area contributed by atoms with Crippen LogP contribution in [0.1, 0.15) is 5.56 Å². The first kappa shape index (κ1) is 13.6. The number of anilines is 1. The standard InChI is InChI=1S/C13H10F3NOS/c14-8-4-5-13(12(17)6-8)19(18)7-9-10(15)2-1-3-11(9)16/h1-6H,7,17H2. The Morgan fingerprint density at radius 1 is 1.05 bits per heavy atom. The number of hydrogen-bond acceptors (Lipinski definition) is 2. The first-order valence-electron chi connectivity index (χ1n) is 5.35. The summed E-state index contributed by atoms with van der Waals surface area (Å²) in [4.78, 5) is 0.157. The molecule has 0 amide bonds. The summed E-state index contributed by atoms with van der Waals surface area (Å²) in [6.45, 7) is 0. The third kappa shape index (κ3) is 2.96. The molecule has 0 aliphatic rings. The van der Waals surface area contributed by atoms with Crippen molar-refractivity contribution in [1.82, 2.24) is 0 Å². The molecule has 0 saturated carbocycles. The van der Waals surface area contributed by atoms with Gasteiger partial charge in [0.15, 0.2) is 0 Å². The summed E-state index contributed by atoms with van der Waals surface area (Å²) in [6.07, 6.45) is 0. The van der Waals surface area contributed by atoms with Crippen LogP contribution in [0.3, 0.4) is 0 Å².